The van der Waals surface area contributed by atoms with Gasteiger partial charge >= 0.3 is 0 Å². The average molecular weight is 472 g/mol. The molecule has 10 heteroatoms. The van der Waals surface area contributed by atoms with E-state index < -0.39 is 17.8 Å². The lowest BCUT2D eigenvalue weighted by molar-refractivity contribution is -0.113. The topological polar surface area (TPSA) is 98.1 Å². The molecule has 0 aliphatic heterocycles. The Kier molecular flexibility index (Phi) is 8.42. The number of benzene rings is 2. The molecule has 0 aliphatic carbocycles. The molecule has 3 rings (SSSR count). The maximum atomic E-state index is 13.9. The first kappa shape index (κ1) is 24.2. The van der Waals surface area contributed by atoms with Crippen LogP contribution in [0.15, 0.2) is 53.7 Å². The number of ether oxygens (including phenoxy) is 1. The molecule has 0 bridgehead atoms. The molecule has 0 fully saturated rings. The van der Waals surface area contributed by atoms with Crippen LogP contribution < -0.4 is 15.4 Å². The molecule has 33 heavy (non-hydrogen) atoms. The lowest BCUT2D eigenvalue weighted by Crippen LogP contribution is -2.29. The van der Waals surface area contributed by atoms with Gasteiger partial charge in [0.15, 0.2) is 11.0 Å². The van der Waals surface area contributed by atoms with Crippen molar-refractivity contribution >= 4 is 29.3 Å². The molecule has 3 aromatic rings. The van der Waals surface area contributed by atoms with Gasteiger partial charge in [-0.1, -0.05) is 23.9 Å². The average Bonchev–Trinajstić information content (AvgIpc) is 3.22. The molecule has 8 nitrogen and oxygen atoms in total. The molecule has 1 aromatic heterocycles. The highest BCUT2D eigenvalue weighted by Gasteiger charge is 2.21. The fourth-order valence-electron chi connectivity index (χ4n) is 3.14. The van der Waals surface area contributed by atoms with Crippen molar-refractivity contribution in [3.8, 4) is 5.75 Å². The number of carbonyl (C=O) groups excluding carboxylic acids is 2. The van der Waals surface area contributed by atoms with Crippen molar-refractivity contribution in [1.82, 2.24) is 20.1 Å². The summed E-state index contributed by atoms with van der Waals surface area (Å²) in [6.45, 7) is 6.70. The van der Waals surface area contributed by atoms with Crippen molar-refractivity contribution in [3.05, 3.63) is 65.7 Å². The SMILES string of the molecule is CCOc1ccc(NC(=O)CSc2nnc([C@H](C)NC(=O)c3ccccc3F)n2CC)cc1. The molecule has 174 valence electrons. The normalized spacial score (nSPS) is 11.6. The minimum atomic E-state index is -0.589. The van der Waals surface area contributed by atoms with E-state index in [-0.39, 0.29) is 17.2 Å². The molecule has 0 spiro atoms. The van der Waals surface area contributed by atoms with Gasteiger partial charge in [0.05, 0.1) is 24.0 Å². The van der Waals surface area contributed by atoms with Crippen LogP contribution in [0.25, 0.3) is 0 Å². The highest BCUT2D eigenvalue weighted by Crippen LogP contribution is 2.22. The zero-order valence-corrected chi connectivity index (χ0v) is 19.5. The van der Waals surface area contributed by atoms with Crippen molar-refractivity contribution in [2.45, 2.75) is 38.5 Å². The van der Waals surface area contributed by atoms with Gasteiger partial charge in [0.2, 0.25) is 5.91 Å². The summed E-state index contributed by atoms with van der Waals surface area (Å²) in [5.41, 5.74) is 0.638. The fraction of sp³-hybridized carbons (Fsp3) is 0.304. The summed E-state index contributed by atoms with van der Waals surface area (Å²) < 4.78 is 21.1. The molecule has 0 saturated carbocycles. The summed E-state index contributed by atoms with van der Waals surface area (Å²) >= 11 is 1.25. The minimum Gasteiger partial charge on any atom is -0.494 e. The molecule has 1 heterocycles. The second-order valence-corrected chi connectivity index (χ2v) is 8.00. The third-order valence-electron chi connectivity index (χ3n) is 4.70. The zero-order chi connectivity index (χ0) is 23.8. The van der Waals surface area contributed by atoms with Gasteiger partial charge in [0.25, 0.3) is 5.91 Å². The van der Waals surface area contributed by atoms with Crippen LogP contribution in [0.2, 0.25) is 0 Å². The number of amides is 2. The van der Waals surface area contributed by atoms with E-state index >= 15 is 0 Å². The van der Waals surface area contributed by atoms with Gasteiger partial charge in [0, 0.05) is 12.2 Å². The molecule has 2 amide bonds. The molecule has 2 aromatic carbocycles. The largest absolute Gasteiger partial charge is 0.494 e. The predicted octanol–water partition coefficient (Wildman–Crippen LogP) is 4.06. The lowest BCUT2D eigenvalue weighted by Gasteiger charge is -2.15. The van der Waals surface area contributed by atoms with E-state index in [2.05, 4.69) is 20.8 Å². The molecule has 0 aliphatic rings. The minimum absolute atomic E-state index is 0.0347. The summed E-state index contributed by atoms with van der Waals surface area (Å²) in [5.74, 6) is 0.101. The predicted molar refractivity (Wildman–Crippen MR) is 125 cm³/mol. The number of carbonyl (C=O) groups is 2. The number of rotatable bonds is 10. The number of halogens is 1. The van der Waals surface area contributed by atoms with E-state index in [1.165, 1.54) is 30.0 Å². The first-order chi connectivity index (χ1) is 15.9. The van der Waals surface area contributed by atoms with E-state index in [0.717, 1.165) is 5.75 Å². The Morgan fingerprint density at radius 2 is 1.85 bits per heavy atom. The summed E-state index contributed by atoms with van der Waals surface area (Å²) in [6, 6.07) is 12.4. The first-order valence-corrected chi connectivity index (χ1v) is 11.6. The van der Waals surface area contributed by atoms with E-state index in [1.54, 1.807) is 37.3 Å². The van der Waals surface area contributed by atoms with Gasteiger partial charge in [-0.15, -0.1) is 10.2 Å². The summed E-state index contributed by atoms with van der Waals surface area (Å²) in [4.78, 5) is 24.8. The summed E-state index contributed by atoms with van der Waals surface area (Å²) in [6.07, 6.45) is 0. The van der Waals surface area contributed by atoms with Gasteiger partial charge in [-0.25, -0.2) is 4.39 Å². The van der Waals surface area contributed by atoms with Gasteiger partial charge in [-0.2, -0.15) is 0 Å². The van der Waals surface area contributed by atoms with Crippen molar-refractivity contribution in [2.24, 2.45) is 0 Å². The van der Waals surface area contributed by atoms with Crippen molar-refractivity contribution in [2.75, 3.05) is 17.7 Å². The smallest absolute Gasteiger partial charge is 0.254 e. The Morgan fingerprint density at radius 3 is 2.52 bits per heavy atom. The summed E-state index contributed by atoms with van der Waals surface area (Å²) in [5, 5.41) is 14.5. The number of anilines is 1. The van der Waals surface area contributed by atoms with Crippen molar-refractivity contribution < 1.29 is 18.7 Å². The Hall–Kier alpha value is -3.40. The van der Waals surface area contributed by atoms with E-state index in [4.69, 9.17) is 4.74 Å². The van der Waals surface area contributed by atoms with Crippen LogP contribution >= 0.6 is 11.8 Å². The first-order valence-electron chi connectivity index (χ1n) is 10.6. The van der Waals surface area contributed by atoms with Crippen LogP contribution in [0.3, 0.4) is 0 Å². The molecular weight excluding hydrogens is 445 g/mol. The van der Waals surface area contributed by atoms with Crippen LogP contribution in [0.4, 0.5) is 10.1 Å². The number of nitrogens with zero attached hydrogens (tertiary/aromatic N) is 3. The van der Waals surface area contributed by atoms with Gasteiger partial charge in [-0.05, 0) is 57.2 Å². The van der Waals surface area contributed by atoms with Crippen LogP contribution in [-0.2, 0) is 11.3 Å². The molecule has 0 saturated heterocycles. The Morgan fingerprint density at radius 1 is 1.12 bits per heavy atom. The van der Waals surface area contributed by atoms with Crippen LogP contribution in [-0.4, -0.2) is 38.9 Å². The summed E-state index contributed by atoms with van der Waals surface area (Å²) in [7, 11) is 0. The third kappa shape index (κ3) is 6.32. The highest BCUT2D eigenvalue weighted by molar-refractivity contribution is 7.99. The standard InChI is InChI=1S/C23H26FN5O3S/c1-4-29-21(15(3)25-22(31)18-8-6-7-9-19(18)24)27-28-23(29)33-14-20(30)26-16-10-12-17(13-11-16)32-5-2/h6-13,15H,4-5,14H2,1-3H3,(H,25,31)(H,26,30)/t15-/m0/s1. The van der Waals surface area contributed by atoms with E-state index in [9.17, 15) is 14.0 Å². The number of hydrogen-bond donors (Lipinski definition) is 2. The molecule has 0 radical (unpaired) electrons. The Labute approximate surface area is 195 Å². The maximum absolute atomic E-state index is 13.9. The van der Waals surface area contributed by atoms with Gasteiger partial charge in [0.1, 0.15) is 11.6 Å². The van der Waals surface area contributed by atoms with Gasteiger partial charge in [-0.3, -0.25) is 9.59 Å². The number of thioether (sulfide) groups is 1. The van der Waals surface area contributed by atoms with Crippen LogP contribution in [0.5, 0.6) is 5.75 Å². The van der Waals surface area contributed by atoms with E-state index in [1.807, 2.05) is 18.4 Å². The van der Waals surface area contributed by atoms with Crippen LogP contribution in [0.1, 0.15) is 43.0 Å². The Bertz CT molecular complexity index is 1100. The quantitative estimate of drug-likeness (QED) is 0.433. The monoisotopic (exact) mass is 471 g/mol. The fourth-order valence-corrected chi connectivity index (χ4v) is 3.95. The molecule has 2 N–H and O–H groups in total. The van der Waals surface area contributed by atoms with Crippen molar-refractivity contribution in [3.63, 3.8) is 0 Å². The molecule has 1 atom stereocenters. The number of hydrogen-bond acceptors (Lipinski definition) is 6. The van der Waals surface area contributed by atoms with E-state index in [0.29, 0.717) is 29.8 Å². The number of nitrogens with one attached hydrogen (secondary N) is 2. The number of aromatic nitrogens is 3. The lowest BCUT2D eigenvalue weighted by atomic mass is 10.2. The second-order valence-electron chi connectivity index (χ2n) is 7.05. The van der Waals surface area contributed by atoms with Crippen LogP contribution in [0, 0.1) is 5.82 Å². The molecular formula is C23H26FN5O3S. The van der Waals surface area contributed by atoms with Crippen molar-refractivity contribution in [1.29, 1.82) is 0 Å². The molecule has 0 unspecified atom stereocenters. The highest BCUT2D eigenvalue weighted by atomic mass is 32.2. The second kappa shape index (κ2) is 11.5. The Balaban J connectivity index is 1.59. The zero-order valence-electron chi connectivity index (χ0n) is 18.7. The maximum Gasteiger partial charge on any atom is 0.254 e. The third-order valence-corrected chi connectivity index (χ3v) is 5.66. The van der Waals surface area contributed by atoms with Gasteiger partial charge < -0.3 is 19.9 Å².